The van der Waals surface area contributed by atoms with Crippen molar-refractivity contribution < 1.29 is 19.4 Å². The van der Waals surface area contributed by atoms with Crippen LogP contribution in [0.2, 0.25) is 0 Å². The van der Waals surface area contributed by atoms with Crippen molar-refractivity contribution in [3.63, 3.8) is 0 Å². The van der Waals surface area contributed by atoms with Gasteiger partial charge in [0.1, 0.15) is 11.9 Å². The Balaban J connectivity index is 1.25. The number of carbonyl (C=O) groups excluding carboxylic acids is 2. The quantitative estimate of drug-likeness (QED) is 0.377. The minimum atomic E-state index is -0.221. The Bertz CT molecular complexity index is 1000. The van der Waals surface area contributed by atoms with Crippen LogP contribution in [0.25, 0.3) is 0 Å². The second-order valence-electron chi connectivity index (χ2n) is 14.4. The molecule has 4 saturated carbocycles. The average molecular weight is 523 g/mol. The van der Waals surface area contributed by atoms with Crippen LogP contribution < -0.4 is 0 Å². The lowest BCUT2D eigenvalue weighted by molar-refractivity contribution is -0.160. The molecule has 4 aliphatic rings. The lowest BCUT2D eigenvalue weighted by Gasteiger charge is -2.60. The molecule has 0 aliphatic heterocycles. The predicted molar refractivity (Wildman–Crippen MR) is 150 cm³/mol. The molecular formula is C34H50O4. The summed E-state index contributed by atoms with van der Waals surface area (Å²) >= 11 is 0. The average Bonchev–Trinajstić information content (AvgIpc) is 3.24. The van der Waals surface area contributed by atoms with Gasteiger partial charge in [0, 0.05) is 12.3 Å². The zero-order valence-corrected chi connectivity index (χ0v) is 24.3. The number of esters is 1. The van der Waals surface area contributed by atoms with E-state index in [-0.39, 0.29) is 40.8 Å². The first kappa shape index (κ1) is 27.9. The molecule has 4 nitrogen and oxygen atoms in total. The highest BCUT2D eigenvalue weighted by molar-refractivity contribution is 5.89. The summed E-state index contributed by atoms with van der Waals surface area (Å²) in [4.78, 5) is 26.4. The highest BCUT2D eigenvalue weighted by Crippen LogP contribution is 2.67. The second kappa shape index (κ2) is 10.7. The predicted octanol–water partition coefficient (Wildman–Crippen LogP) is 7.48. The van der Waals surface area contributed by atoms with Gasteiger partial charge in [-0.05, 0) is 116 Å². The van der Waals surface area contributed by atoms with Crippen LogP contribution in [0.5, 0.6) is 0 Å². The molecule has 1 aromatic carbocycles. The van der Waals surface area contributed by atoms with Gasteiger partial charge in [0.2, 0.25) is 0 Å². The molecule has 210 valence electrons. The van der Waals surface area contributed by atoms with E-state index in [0.717, 1.165) is 32.1 Å². The van der Waals surface area contributed by atoms with Gasteiger partial charge in [-0.1, -0.05) is 52.8 Å². The number of fused-ring (bicyclic) bond motifs is 5. The van der Waals surface area contributed by atoms with Crippen molar-refractivity contribution in [1.82, 2.24) is 0 Å². The monoisotopic (exact) mass is 522 g/mol. The Morgan fingerprint density at radius 1 is 0.974 bits per heavy atom. The van der Waals surface area contributed by atoms with E-state index in [4.69, 9.17) is 4.74 Å². The fourth-order valence-electron chi connectivity index (χ4n) is 9.82. The van der Waals surface area contributed by atoms with Crippen LogP contribution in [-0.2, 0) is 9.53 Å². The number of rotatable bonds is 7. The van der Waals surface area contributed by atoms with Crippen LogP contribution in [0.15, 0.2) is 30.3 Å². The zero-order valence-electron chi connectivity index (χ0n) is 24.3. The molecule has 0 bridgehead atoms. The molecule has 1 N–H and O–H groups in total. The van der Waals surface area contributed by atoms with Crippen molar-refractivity contribution in [3.05, 3.63) is 35.9 Å². The van der Waals surface area contributed by atoms with Gasteiger partial charge in [-0.25, -0.2) is 4.79 Å². The number of ketones is 1. The van der Waals surface area contributed by atoms with Gasteiger partial charge >= 0.3 is 5.97 Å². The summed E-state index contributed by atoms with van der Waals surface area (Å²) in [5, 5.41) is 10.3. The standard InChI is InChI=1S/C34H50O4/c1-21(2)30(38-32(37)23-9-7-6-8-10-23)14-11-22(3)26-12-13-27-31-28(16-18-34(26,27)5)33(4)17-15-25(35)19-24(33)20-29(31)36/h6-10,21-22,24-28,30-31,35H,11-20H2,1-5H3/t22-,24-,25+,26-,27?,28?,30-,31?,33+,34-/m1/s1. The van der Waals surface area contributed by atoms with Gasteiger partial charge in [-0.2, -0.15) is 0 Å². The van der Waals surface area contributed by atoms with Crippen molar-refractivity contribution in [2.24, 2.45) is 52.3 Å². The molecule has 4 aliphatic carbocycles. The van der Waals surface area contributed by atoms with E-state index >= 15 is 0 Å². The number of hydrogen-bond donors (Lipinski definition) is 1. The number of ether oxygens (including phenoxy) is 1. The Hall–Kier alpha value is -1.68. The summed E-state index contributed by atoms with van der Waals surface area (Å²) in [5.74, 6) is 3.32. The van der Waals surface area contributed by atoms with Crippen LogP contribution >= 0.6 is 0 Å². The van der Waals surface area contributed by atoms with E-state index in [1.165, 1.54) is 25.7 Å². The van der Waals surface area contributed by atoms with E-state index in [9.17, 15) is 14.7 Å². The fourth-order valence-corrected chi connectivity index (χ4v) is 9.82. The number of hydrogen-bond acceptors (Lipinski definition) is 4. The van der Waals surface area contributed by atoms with Gasteiger partial charge < -0.3 is 9.84 Å². The molecule has 0 radical (unpaired) electrons. The first-order chi connectivity index (χ1) is 18.0. The molecule has 10 atom stereocenters. The highest BCUT2D eigenvalue weighted by Gasteiger charge is 2.63. The molecule has 0 spiro atoms. The lowest BCUT2D eigenvalue weighted by atomic mass is 9.44. The maximum atomic E-state index is 13.7. The number of benzene rings is 1. The minimum Gasteiger partial charge on any atom is -0.459 e. The summed E-state index contributed by atoms with van der Waals surface area (Å²) in [6.07, 6.45) is 9.91. The van der Waals surface area contributed by atoms with Crippen molar-refractivity contribution in [2.75, 3.05) is 0 Å². The third kappa shape index (κ3) is 4.88. The number of aliphatic hydroxyl groups excluding tert-OH is 1. The van der Waals surface area contributed by atoms with Crippen molar-refractivity contribution in [3.8, 4) is 0 Å². The molecule has 4 heteroatoms. The molecular weight excluding hydrogens is 472 g/mol. The van der Waals surface area contributed by atoms with Crippen LogP contribution in [0, 0.1) is 52.3 Å². The topological polar surface area (TPSA) is 63.6 Å². The molecule has 0 amide bonds. The maximum Gasteiger partial charge on any atom is 0.338 e. The second-order valence-corrected chi connectivity index (χ2v) is 14.4. The fraction of sp³-hybridized carbons (Fsp3) is 0.765. The highest BCUT2D eigenvalue weighted by atomic mass is 16.5. The van der Waals surface area contributed by atoms with E-state index in [2.05, 4.69) is 34.6 Å². The third-order valence-electron chi connectivity index (χ3n) is 12.1. The van der Waals surface area contributed by atoms with Gasteiger partial charge in [-0.15, -0.1) is 0 Å². The lowest BCUT2D eigenvalue weighted by Crippen LogP contribution is -2.57. The number of carbonyl (C=O) groups is 2. The van der Waals surface area contributed by atoms with E-state index < -0.39 is 0 Å². The Morgan fingerprint density at radius 3 is 2.37 bits per heavy atom. The molecule has 38 heavy (non-hydrogen) atoms. The molecule has 0 saturated heterocycles. The SMILES string of the molecule is CC(C)[C@@H](CC[C@@H](C)[C@H]1CCC2C3C(=O)C[C@H]4C[C@@H](O)CC[C@]4(C)C3CC[C@@]21C)OC(=O)c1ccccc1. The summed E-state index contributed by atoms with van der Waals surface area (Å²) < 4.78 is 6.00. The Labute approximate surface area is 230 Å². The van der Waals surface area contributed by atoms with E-state index in [1.807, 2.05) is 30.3 Å². The summed E-state index contributed by atoms with van der Waals surface area (Å²) in [6, 6.07) is 9.32. The van der Waals surface area contributed by atoms with E-state index in [0.29, 0.717) is 47.4 Å². The van der Waals surface area contributed by atoms with Gasteiger partial charge in [0.05, 0.1) is 11.7 Å². The van der Waals surface area contributed by atoms with Crippen molar-refractivity contribution in [2.45, 2.75) is 111 Å². The maximum absolute atomic E-state index is 13.7. The molecule has 4 fully saturated rings. The normalized spacial score (nSPS) is 40.1. The first-order valence-electron chi connectivity index (χ1n) is 15.5. The van der Waals surface area contributed by atoms with Gasteiger partial charge in [-0.3, -0.25) is 4.79 Å². The van der Waals surface area contributed by atoms with Gasteiger partial charge in [0.15, 0.2) is 0 Å². The molecule has 5 rings (SSSR count). The van der Waals surface area contributed by atoms with Crippen molar-refractivity contribution >= 4 is 11.8 Å². The molecule has 0 aromatic heterocycles. The third-order valence-corrected chi connectivity index (χ3v) is 12.1. The largest absolute Gasteiger partial charge is 0.459 e. The summed E-state index contributed by atoms with van der Waals surface area (Å²) in [7, 11) is 0. The Kier molecular flexibility index (Phi) is 7.86. The smallest absolute Gasteiger partial charge is 0.338 e. The van der Waals surface area contributed by atoms with Crippen molar-refractivity contribution in [1.29, 1.82) is 0 Å². The summed E-state index contributed by atoms with van der Waals surface area (Å²) in [5.41, 5.74) is 1.06. The summed E-state index contributed by atoms with van der Waals surface area (Å²) in [6.45, 7) is 11.7. The number of Topliss-reactive ketones (excluding diaryl/α,β-unsaturated/α-hetero) is 1. The first-order valence-corrected chi connectivity index (χ1v) is 15.5. The van der Waals surface area contributed by atoms with Gasteiger partial charge in [0.25, 0.3) is 0 Å². The van der Waals surface area contributed by atoms with Crippen LogP contribution in [0.1, 0.15) is 109 Å². The van der Waals surface area contributed by atoms with Crippen LogP contribution in [0.3, 0.4) is 0 Å². The van der Waals surface area contributed by atoms with Crippen LogP contribution in [-0.4, -0.2) is 29.1 Å². The zero-order chi connectivity index (χ0) is 27.2. The molecule has 0 heterocycles. The van der Waals surface area contributed by atoms with E-state index in [1.54, 1.807) is 0 Å². The number of aliphatic hydroxyl groups is 1. The molecule has 1 aromatic rings. The molecule has 3 unspecified atom stereocenters. The minimum absolute atomic E-state index is 0.0793. The van der Waals surface area contributed by atoms with Crippen LogP contribution in [0.4, 0.5) is 0 Å². The Morgan fingerprint density at radius 2 is 1.66 bits per heavy atom.